The van der Waals surface area contributed by atoms with Crippen molar-refractivity contribution in [3.63, 3.8) is 0 Å². The number of methoxy groups -OCH3 is 2. The number of nitrogens with zero attached hydrogens (tertiary/aromatic N) is 1. The van der Waals surface area contributed by atoms with Gasteiger partial charge in [-0.15, -0.1) is 0 Å². The van der Waals surface area contributed by atoms with E-state index in [9.17, 15) is 4.79 Å². The van der Waals surface area contributed by atoms with Gasteiger partial charge in [0.15, 0.2) is 11.5 Å². The molecule has 140 valence electrons. The van der Waals surface area contributed by atoms with Crippen molar-refractivity contribution in [1.82, 2.24) is 4.90 Å². The van der Waals surface area contributed by atoms with Gasteiger partial charge in [-0.1, -0.05) is 12.2 Å². The Morgan fingerprint density at radius 1 is 1.12 bits per heavy atom. The fourth-order valence-corrected chi connectivity index (χ4v) is 4.88. The van der Waals surface area contributed by atoms with Crippen LogP contribution in [0.15, 0.2) is 30.4 Å². The Bertz CT molecular complexity index is 694. The monoisotopic (exact) mass is 357 g/mol. The molecule has 1 saturated carbocycles. The number of carbonyl (C=O) groups excluding carboxylic acids is 1. The maximum atomic E-state index is 12.8. The van der Waals surface area contributed by atoms with Gasteiger partial charge >= 0.3 is 0 Å². The van der Waals surface area contributed by atoms with Gasteiger partial charge in [0.25, 0.3) is 5.91 Å². The highest BCUT2D eigenvalue weighted by Gasteiger charge is 2.38. The number of nitrogens with one attached hydrogen (secondary N) is 1. The van der Waals surface area contributed by atoms with Crippen LogP contribution < -0.4 is 14.4 Å². The molecule has 3 atom stereocenters. The topological polar surface area (TPSA) is 43.2 Å². The first kappa shape index (κ1) is 17.4. The molecule has 1 saturated heterocycles. The molecule has 5 heteroatoms. The molecule has 5 nitrogen and oxygen atoms in total. The number of ether oxygens (including phenoxy) is 2. The van der Waals surface area contributed by atoms with Crippen LogP contribution in [-0.2, 0) is 0 Å². The second-order valence-corrected chi connectivity index (χ2v) is 7.86. The summed E-state index contributed by atoms with van der Waals surface area (Å²) in [5.41, 5.74) is 0.671. The average Bonchev–Trinajstić information content (AvgIpc) is 3.30. The molecule has 1 aromatic carbocycles. The molecule has 0 aromatic heterocycles. The molecule has 3 aliphatic rings. The molecule has 0 spiro atoms. The van der Waals surface area contributed by atoms with Crippen molar-refractivity contribution in [2.24, 2.45) is 17.8 Å². The average molecular weight is 357 g/mol. The Balaban J connectivity index is 1.33. The van der Waals surface area contributed by atoms with E-state index in [1.807, 2.05) is 11.0 Å². The van der Waals surface area contributed by atoms with Crippen LogP contribution in [0.5, 0.6) is 11.5 Å². The van der Waals surface area contributed by atoms with Crippen molar-refractivity contribution in [2.45, 2.75) is 12.8 Å². The molecule has 2 bridgehead atoms. The van der Waals surface area contributed by atoms with Crippen LogP contribution in [0.2, 0.25) is 0 Å². The van der Waals surface area contributed by atoms with Gasteiger partial charge < -0.3 is 19.3 Å². The van der Waals surface area contributed by atoms with Crippen molar-refractivity contribution in [2.75, 3.05) is 46.9 Å². The lowest BCUT2D eigenvalue weighted by atomic mass is 9.93. The normalized spacial score (nSPS) is 27.8. The third-order valence-corrected chi connectivity index (χ3v) is 6.36. The first-order chi connectivity index (χ1) is 12.7. The maximum Gasteiger partial charge on any atom is 0.254 e. The summed E-state index contributed by atoms with van der Waals surface area (Å²) in [6.45, 7) is 5.04. The van der Waals surface area contributed by atoms with E-state index in [0.717, 1.165) is 43.9 Å². The predicted molar refractivity (Wildman–Crippen MR) is 99.9 cm³/mol. The van der Waals surface area contributed by atoms with Crippen LogP contribution >= 0.6 is 0 Å². The number of amides is 1. The van der Waals surface area contributed by atoms with E-state index in [-0.39, 0.29) is 5.91 Å². The number of hydrogen-bond acceptors (Lipinski definition) is 3. The molecule has 4 rings (SSSR count). The van der Waals surface area contributed by atoms with E-state index >= 15 is 0 Å². The first-order valence-corrected chi connectivity index (χ1v) is 9.71. The number of quaternary nitrogens is 1. The number of piperazine rings is 1. The van der Waals surface area contributed by atoms with E-state index in [1.165, 1.54) is 19.4 Å². The van der Waals surface area contributed by atoms with Crippen LogP contribution in [0.1, 0.15) is 23.2 Å². The van der Waals surface area contributed by atoms with Crippen LogP contribution in [-0.4, -0.2) is 57.8 Å². The summed E-state index contributed by atoms with van der Waals surface area (Å²) in [4.78, 5) is 16.5. The first-order valence-electron chi connectivity index (χ1n) is 9.71. The summed E-state index contributed by atoms with van der Waals surface area (Å²) < 4.78 is 10.6. The van der Waals surface area contributed by atoms with Gasteiger partial charge in [-0.25, -0.2) is 0 Å². The van der Waals surface area contributed by atoms with Crippen molar-refractivity contribution >= 4 is 5.91 Å². The number of hydrogen-bond donors (Lipinski definition) is 1. The van der Waals surface area contributed by atoms with Gasteiger partial charge in [0, 0.05) is 11.5 Å². The number of benzene rings is 1. The van der Waals surface area contributed by atoms with Crippen LogP contribution in [0.4, 0.5) is 0 Å². The smallest absolute Gasteiger partial charge is 0.254 e. The highest BCUT2D eigenvalue weighted by Crippen LogP contribution is 2.42. The van der Waals surface area contributed by atoms with Gasteiger partial charge in [0.05, 0.1) is 46.9 Å². The Morgan fingerprint density at radius 3 is 2.50 bits per heavy atom. The van der Waals surface area contributed by atoms with E-state index in [4.69, 9.17) is 9.47 Å². The highest BCUT2D eigenvalue weighted by atomic mass is 16.5. The second-order valence-electron chi connectivity index (χ2n) is 7.86. The molecule has 1 amide bonds. The molecule has 1 aliphatic heterocycles. The van der Waals surface area contributed by atoms with Crippen LogP contribution in [0, 0.1) is 17.8 Å². The maximum absolute atomic E-state index is 12.8. The molecule has 0 radical (unpaired) electrons. The summed E-state index contributed by atoms with van der Waals surface area (Å²) >= 11 is 0. The van der Waals surface area contributed by atoms with E-state index < -0.39 is 0 Å². The minimum Gasteiger partial charge on any atom is -0.493 e. The summed E-state index contributed by atoms with van der Waals surface area (Å²) in [5.74, 6) is 3.86. The molecular weight excluding hydrogens is 328 g/mol. The number of rotatable bonds is 5. The summed E-state index contributed by atoms with van der Waals surface area (Å²) in [7, 11) is 3.20. The Labute approximate surface area is 155 Å². The minimum absolute atomic E-state index is 0.0906. The number of allylic oxidation sites excluding steroid dienone is 2. The molecule has 1 aromatic rings. The third kappa shape index (κ3) is 3.32. The fraction of sp³-hybridized carbons (Fsp3) is 0.571. The SMILES string of the molecule is COc1ccc(C(=O)N2CC[NH+](C[C@H]3C[C@H]4C=C[C@H]3C4)CC2)cc1OC. The van der Waals surface area contributed by atoms with E-state index in [1.54, 1.807) is 31.3 Å². The molecule has 1 N–H and O–H groups in total. The zero-order chi connectivity index (χ0) is 18.1. The van der Waals surface area contributed by atoms with Gasteiger partial charge in [-0.3, -0.25) is 4.79 Å². The molecule has 2 aliphatic carbocycles. The largest absolute Gasteiger partial charge is 0.493 e. The van der Waals surface area contributed by atoms with Crippen molar-refractivity contribution in [1.29, 1.82) is 0 Å². The van der Waals surface area contributed by atoms with Crippen LogP contribution in [0.3, 0.4) is 0 Å². The van der Waals surface area contributed by atoms with Crippen LogP contribution in [0.25, 0.3) is 0 Å². The summed E-state index contributed by atoms with van der Waals surface area (Å²) in [5, 5.41) is 0. The van der Waals surface area contributed by atoms with Gasteiger partial charge in [-0.2, -0.15) is 0 Å². The molecule has 1 heterocycles. The zero-order valence-electron chi connectivity index (χ0n) is 15.7. The van der Waals surface area contributed by atoms with Gasteiger partial charge in [-0.05, 0) is 42.9 Å². The lowest BCUT2D eigenvalue weighted by Gasteiger charge is -2.34. The third-order valence-electron chi connectivity index (χ3n) is 6.36. The predicted octanol–water partition coefficient (Wildman–Crippen LogP) is 1.26. The van der Waals surface area contributed by atoms with E-state index in [0.29, 0.717) is 17.1 Å². The van der Waals surface area contributed by atoms with E-state index in [2.05, 4.69) is 12.2 Å². The standard InChI is InChI=1S/C21H28N2O3/c1-25-19-6-5-17(13-20(19)26-2)21(24)23-9-7-22(8-10-23)14-18-12-15-3-4-16(18)11-15/h3-6,13,15-16,18H,7-12,14H2,1-2H3/p+1/t15-,16-,18+/m0/s1. The van der Waals surface area contributed by atoms with Gasteiger partial charge in [0.2, 0.25) is 0 Å². The second kappa shape index (κ2) is 7.31. The summed E-state index contributed by atoms with van der Waals surface area (Å²) in [6.07, 6.45) is 7.60. The quantitative estimate of drug-likeness (QED) is 0.807. The minimum atomic E-state index is 0.0906. The lowest BCUT2D eigenvalue weighted by molar-refractivity contribution is -0.907. The van der Waals surface area contributed by atoms with Crippen molar-refractivity contribution in [3.05, 3.63) is 35.9 Å². The number of carbonyl (C=O) groups is 1. The number of fused-ring (bicyclic) bond motifs is 2. The van der Waals surface area contributed by atoms with Crippen molar-refractivity contribution < 1.29 is 19.2 Å². The Hall–Kier alpha value is -2.01. The Kier molecular flexibility index (Phi) is 4.90. The fourth-order valence-electron chi connectivity index (χ4n) is 4.88. The van der Waals surface area contributed by atoms with Crippen molar-refractivity contribution in [3.8, 4) is 11.5 Å². The lowest BCUT2D eigenvalue weighted by Crippen LogP contribution is -3.15. The zero-order valence-corrected chi connectivity index (χ0v) is 15.7. The molecule has 0 unspecified atom stereocenters. The molecule has 26 heavy (non-hydrogen) atoms. The van der Waals surface area contributed by atoms with Gasteiger partial charge in [0.1, 0.15) is 0 Å². The Morgan fingerprint density at radius 2 is 1.88 bits per heavy atom. The molecular formula is C21H29N2O3+. The highest BCUT2D eigenvalue weighted by molar-refractivity contribution is 5.95. The molecule has 2 fully saturated rings. The summed E-state index contributed by atoms with van der Waals surface area (Å²) in [6, 6.07) is 5.41.